The molecule has 1 heterocycles. The van der Waals surface area contributed by atoms with Crippen LogP contribution in [0.25, 0.3) is 98.4 Å². The summed E-state index contributed by atoms with van der Waals surface area (Å²) in [5, 5.41) is -6.56. The maximum absolute atomic E-state index is 9.57. The summed E-state index contributed by atoms with van der Waals surface area (Å²) in [6, 6.07) is -26.0. The number of furan rings is 1. The van der Waals surface area contributed by atoms with Crippen LogP contribution in [0.5, 0.6) is 0 Å². The second-order valence-electron chi connectivity index (χ2n) is 10.3. The molecule has 0 saturated carbocycles. The molecule has 0 unspecified atom stereocenters. The first-order chi connectivity index (χ1) is 35.0. The van der Waals surface area contributed by atoms with Gasteiger partial charge < -0.3 is 4.42 Å². The van der Waals surface area contributed by atoms with E-state index in [-0.39, 0.29) is 0 Å². The van der Waals surface area contributed by atoms with Gasteiger partial charge in [-0.1, -0.05) is 151 Å². The van der Waals surface area contributed by atoms with Crippen molar-refractivity contribution in [2.45, 2.75) is 0 Å². The van der Waals surface area contributed by atoms with Gasteiger partial charge in [-0.3, -0.25) is 0 Å². The van der Waals surface area contributed by atoms with Crippen molar-refractivity contribution in [3.63, 3.8) is 0 Å². The third-order valence-corrected chi connectivity index (χ3v) is 7.82. The molecule has 1 heteroatoms. The lowest BCUT2D eigenvalue weighted by Crippen LogP contribution is -1.92. The number of hydrogen-bond acceptors (Lipinski definition) is 1. The smallest absolute Gasteiger partial charge is 0.136 e. The summed E-state index contributed by atoms with van der Waals surface area (Å²) in [5.41, 5.74) is -5.72. The fourth-order valence-corrected chi connectivity index (χ4v) is 5.89. The quantitative estimate of drug-likeness (QED) is 0.141. The van der Waals surface area contributed by atoms with E-state index in [1.54, 1.807) is 0 Å². The molecule has 0 aliphatic rings. The molecule has 0 fully saturated rings. The van der Waals surface area contributed by atoms with Crippen molar-refractivity contribution in [3.8, 4) is 33.4 Å². The largest absolute Gasteiger partial charge is 0.456 e. The molecule has 0 radical (unpaired) electrons. The van der Waals surface area contributed by atoms with Crippen LogP contribution in [0.3, 0.4) is 0 Å². The Hall–Kier alpha value is -6.18. The Morgan fingerprint density at radius 2 is 0.915 bits per heavy atom. The van der Waals surface area contributed by atoms with Crippen molar-refractivity contribution in [2.75, 3.05) is 0 Å². The summed E-state index contributed by atoms with van der Waals surface area (Å²) in [7, 11) is 0. The molecule has 1 nitrogen and oxygen atoms in total. The average molecular weight is 625 g/mol. The van der Waals surface area contributed by atoms with E-state index in [0.29, 0.717) is 0 Å². The van der Waals surface area contributed by atoms with Gasteiger partial charge in [-0.05, 0) is 94.6 Å². The molecule has 0 amide bonds. The molecule has 10 aromatic rings. The predicted molar refractivity (Wildman–Crippen MR) is 200 cm³/mol. The molecule has 0 N–H and O–H groups in total. The van der Waals surface area contributed by atoms with Gasteiger partial charge in [-0.2, -0.15) is 0 Å². The molecule has 10 rings (SSSR count). The Morgan fingerprint density at radius 3 is 1.66 bits per heavy atom. The second kappa shape index (κ2) is 10.2. The number of rotatable bonds is 3. The van der Waals surface area contributed by atoms with Crippen LogP contribution in [0.15, 0.2) is 174 Å². The second-order valence-corrected chi connectivity index (χ2v) is 10.3. The van der Waals surface area contributed by atoms with Crippen LogP contribution in [0.4, 0.5) is 0 Å². The van der Waals surface area contributed by atoms with Crippen LogP contribution in [0.1, 0.15) is 38.4 Å². The first-order valence-electron chi connectivity index (χ1n) is 27.9. The van der Waals surface area contributed by atoms with Crippen molar-refractivity contribution in [1.29, 1.82) is 0 Å². The maximum atomic E-state index is 9.57. The Bertz CT molecular complexity index is 4330. The molecule has 218 valence electrons. The summed E-state index contributed by atoms with van der Waals surface area (Å²) < 4.78 is 258. The van der Waals surface area contributed by atoms with E-state index < -0.39 is 268 Å². The molecule has 0 spiro atoms. The highest BCUT2D eigenvalue weighted by atomic mass is 16.3. The Labute approximate surface area is 311 Å². The van der Waals surface area contributed by atoms with Gasteiger partial charge in [0.15, 0.2) is 0 Å². The van der Waals surface area contributed by atoms with E-state index in [1.165, 1.54) is 0 Å². The van der Waals surface area contributed by atoms with E-state index in [4.69, 9.17) is 29.1 Å². The van der Waals surface area contributed by atoms with Gasteiger partial charge in [-0.15, -0.1) is 0 Å². The minimum atomic E-state index is -1.01. The van der Waals surface area contributed by atoms with Crippen molar-refractivity contribution in [2.24, 2.45) is 0 Å². The van der Waals surface area contributed by atoms with E-state index in [9.17, 15) is 13.7 Å². The topological polar surface area (TPSA) is 13.1 Å². The van der Waals surface area contributed by atoms with Gasteiger partial charge in [-0.25, -0.2) is 0 Å². The first-order valence-corrected chi connectivity index (χ1v) is 13.9. The summed E-state index contributed by atoms with van der Waals surface area (Å²) in [5.74, 6) is 0. The molecule has 0 bridgehead atoms. The van der Waals surface area contributed by atoms with Crippen molar-refractivity contribution < 1.29 is 42.8 Å². The fraction of sp³-hybridized carbons (Fsp3) is 0. The lowest BCUT2D eigenvalue weighted by molar-refractivity contribution is 0.669. The van der Waals surface area contributed by atoms with Crippen LogP contribution < -0.4 is 0 Å². The molecular formula is C46H28O. The van der Waals surface area contributed by atoms with Crippen LogP contribution in [0, 0.1) is 0 Å². The lowest BCUT2D eigenvalue weighted by Gasteiger charge is -2.19. The van der Waals surface area contributed by atoms with Gasteiger partial charge in [0.05, 0.1) is 38.4 Å². The van der Waals surface area contributed by atoms with Crippen LogP contribution >= 0.6 is 0 Å². The van der Waals surface area contributed by atoms with E-state index >= 15 is 0 Å². The number of fused-ring (bicyclic) bond motifs is 8. The van der Waals surface area contributed by atoms with Gasteiger partial charge in [0, 0.05) is 10.8 Å². The summed E-state index contributed by atoms with van der Waals surface area (Å²) >= 11 is 0. The van der Waals surface area contributed by atoms with Crippen LogP contribution in [0.2, 0.25) is 0 Å². The zero-order chi connectivity index (χ0) is 55.3. The zero-order valence-electron chi connectivity index (χ0n) is 51.4. The maximum Gasteiger partial charge on any atom is 0.136 e. The third-order valence-electron chi connectivity index (χ3n) is 7.82. The molecule has 0 aliphatic heterocycles. The van der Waals surface area contributed by atoms with Gasteiger partial charge in [0.2, 0.25) is 0 Å². The van der Waals surface area contributed by atoms with Crippen LogP contribution in [-0.4, -0.2) is 0 Å². The normalized spacial score (nSPS) is 20.2. The Morgan fingerprint density at radius 1 is 0.340 bits per heavy atom. The molecular weight excluding hydrogens is 569 g/mol. The third kappa shape index (κ3) is 3.90. The van der Waals surface area contributed by atoms with Crippen molar-refractivity contribution in [1.82, 2.24) is 0 Å². The summed E-state index contributed by atoms with van der Waals surface area (Å²) in [6.45, 7) is 0. The number of benzene rings is 9. The molecule has 0 aliphatic carbocycles. The Balaban J connectivity index is 1.54. The lowest BCUT2D eigenvalue weighted by atomic mass is 9.83. The van der Waals surface area contributed by atoms with E-state index in [2.05, 4.69) is 0 Å². The molecule has 9 aromatic carbocycles. The van der Waals surface area contributed by atoms with Crippen LogP contribution in [-0.2, 0) is 0 Å². The minimum Gasteiger partial charge on any atom is -0.456 e. The van der Waals surface area contributed by atoms with Crippen molar-refractivity contribution in [3.05, 3.63) is 169 Å². The SMILES string of the molecule is [2H]c1c([2H])c([2H])c(-c2c([2H])c([2H])c3c(oc4c([2H])c([2H])c([2H])c(-c5c6c([2H])c([2H])c([2H])c([2H])c6c(-c6c([2H])c([2H])c([2H])c7c6c([2H])c([2H])c6c([2H])c([2H])c([2H])c([2H])c67)c6c([2H])c([2H])c([2H])c([2H])c56)c43)c2[2H])c([2H])c1[2H]. The molecule has 0 atom stereocenters. The molecule has 0 saturated heterocycles. The Kier molecular flexibility index (Phi) is 2.31. The average Bonchev–Trinajstić information content (AvgIpc) is 3.85. The fourth-order valence-electron chi connectivity index (χ4n) is 5.89. The minimum absolute atomic E-state index is 0.555. The standard InChI is InChI=1S/C46H28O/c1-2-12-29(13-3-1)31-25-27-40-43(28-31)47-42-23-11-22-41(46(40)42)45-38-18-8-6-16-36(38)44(37-17-7-9-19-39(37)45)35-21-10-20-33-32-15-5-4-14-30(32)24-26-34(33)35/h1-28H/i1D,2D,3D,4D,5D,6D,7D,8D,9D,10D,11D,12D,13D,14D,15D,16D,17D,18D,19D,20D,21D,22D,23D,24D,25D,26D,27D,28D. The highest BCUT2D eigenvalue weighted by Gasteiger charge is 2.21. The summed E-state index contributed by atoms with van der Waals surface area (Å²) in [6.07, 6.45) is 0. The van der Waals surface area contributed by atoms with Gasteiger partial charge >= 0.3 is 0 Å². The summed E-state index contributed by atoms with van der Waals surface area (Å²) in [4.78, 5) is 0. The molecule has 47 heavy (non-hydrogen) atoms. The van der Waals surface area contributed by atoms with Gasteiger partial charge in [0.1, 0.15) is 11.2 Å². The predicted octanol–water partition coefficient (Wildman–Crippen LogP) is 13.2. The van der Waals surface area contributed by atoms with Crippen molar-refractivity contribution >= 4 is 65.0 Å². The van der Waals surface area contributed by atoms with E-state index in [0.717, 1.165) is 0 Å². The van der Waals surface area contributed by atoms with E-state index in [1.807, 2.05) is 0 Å². The molecule has 1 aromatic heterocycles. The first kappa shape index (κ1) is 10.7. The monoisotopic (exact) mass is 624 g/mol. The highest BCUT2D eigenvalue weighted by molar-refractivity contribution is 6.27. The highest BCUT2D eigenvalue weighted by Crippen LogP contribution is 2.48. The van der Waals surface area contributed by atoms with Gasteiger partial charge in [0.25, 0.3) is 0 Å². The zero-order valence-corrected chi connectivity index (χ0v) is 23.4. The number of hydrogen-bond donors (Lipinski definition) is 0.